The molecule has 3 N–H and O–H groups in total. The molecule has 0 aliphatic carbocycles. The third-order valence-corrected chi connectivity index (χ3v) is 4.13. The molecule has 0 aromatic rings. The summed E-state index contributed by atoms with van der Waals surface area (Å²) in [4.78, 5) is 2.33. The first-order chi connectivity index (χ1) is 9.57. The number of hydrogen-bond acceptors (Lipinski definition) is 2. The Morgan fingerprint density at radius 1 is 0.950 bits per heavy atom. The third kappa shape index (κ3) is 12.5. The molecule has 20 heavy (non-hydrogen) atoms. The average molecular weight is 284 g/mol. The van der Waals surface area contributed by atoms with Gasteiger partial charge in [0.1, 0.15) is 0 Å². The Kier molecular flexibility index (Phi) is 13.0. The first-order valence-electron chi connectivity index (χ1n) is 8.61. The number of nitrogens with one attached hydrogen (secondary N) is 1. The van der Waals surface area contributed by atoms with Crippen LogP contribution in [0.4, 0.5) is 0 Å². The molecule has 1 atom stereocenters. The fourth-order valence-corrected chi connectivity index (χ4v) is 2.54. The van der Waals surface area contributed by atoms with Crippen LogP contribution < -0.4 is 5.73 Å². The molecule has 3 nitrogen and oxygen atoms in total. The maximum atomic E-state index is 7.32. The minimum absolute atomic E-state index is 0.299. The number of rotatable bonds is 14. The van der Waals surface area contributed by atoms with E-state index in [0.29, 0.717) is 18.3 Å². The summed E-state index contributed by atoms with van der Waals surface area (Å²) in [5.74, 6) is 0.299. The summed E-state index contributed by atoms with van der Waals surface area (Å²) in [5.41, 5.74) is 5.44. The summed E-state index contributed by atoms with van der Waals surface area (Å²) in [6.45, 7) is 5.55. The normalized spacial score (nSPS) is 12.8. The van der Waals surface area contributed by atoms with E-state index in [0.717, 1.165) is 6.54 Å². The molecular formula is C17H37N3. The number of nitrogens with zero attached hydrogens (tertiary/aromatic N) is 1. The van der Waals surface area contributed by atoms with Gasteiger partial charge in [-0.05, 0) is 26.9 Å². The highest BCUT2D eigenvalue weighted by Crippen LogP contribution is 2.11. The van der Waals surface area contributed by atoms with Crippen LogP contribution in [0.25, 0.3) is 0 Å². The largest absolute Gasteiger partial charge is 0.388 e. The van der Waals surface area contributed by atoms with Crippen molar-refractivity contribution < 1.29 is 0 Å². The zero-order valence-electron chi connectivity index (χ0n) is 14.1. The Morgan fingerprint density at radius 2 is 1.40 bits per heavy atom. The van der Waals surface area contributed by atoms with Crippen molar-refractivity contribution in [3.8, 4) is 0 Å². The number of amidine groups is 1. The highest BCUT2D eigenvalue weighted by molar-refractivity contribution is 5.77. The van der Waals surface area contributed by atoms with Crippen molar-refractivity contribution in [2.24, 2.45) is 5.73 Å². The molecule has 0 bridgehead atoms. The Bertz CT molecular complexity index is 228. The van der Waals surface area contributed by atoms with E-state index < -0.39 is 0 Å². The summed E-state index contributed by atoms with van der Waals surface area (Å²) in [6, 6.07) is 0.395. The van der Waals surface area contributed by atoms with Crippen LogP contribution in [0.3, 0.4) is 0 Å². The van der Waals surface area contributed by atoms with Gasteiger partial charge < -0.3 is 10.6 Å². The Hall–Kier alpha value is -0.570. The molecule has 0 spiro atoms. The molecule has 0 amide bonds. The van der Waals surface area contributed by atoms with Gasteiger partial charge in [-0.1, -0.05) is 64.7 Å². The van der Waals surface area contributed by atoms with Crippen molar-refractivity contribution in [2.45, 2.75) is 90.5 Å². The lowest BCUT2D eigenvalue weighted by atomic mass is 10.1. The Balaban J connectivity index is 3.28. The van der Waals surface area contributed by atoms with E-state index in [1.54, 1.807) is 0 Å². The molecule has 0 aliphatic rings. The third-order valence-electron chi connectivity index (χ3n) is 4.13. The number of hydrogen-bond donors (Lipinski definition) is 2. The van der Waals surface area contributed by atoms with Crippen molar-refractivity contribution in [2.75, 3.05) is 13.6 Å². The van der Waals surface area contributed by atoms with Crippen molar-refractivity contribution in [1.29, 1.82) is 5.41 Å². The van der Waals surface area contributed by atoms with E-state index in [2.05, 4.69) is 25.8 Å². The van der Waals surface area contributed by atoms with Crippen LogP contribution in [-0.2, 0) is 0 Å². The smallest absolute Gasteiger partial charge is 0.0920 e. The summed E-state index contributed by atoms with van der Waals surface area (Å²) in [6.07, 6.45) is 14.5. The molecular weight excluding hydrogens is 246 g/mol. The second kappa shape index (κ2) is 13.4. The first kappa shape index (κ1) is 19.4. The minimum atomic E-state index is 0.299. The molecule has 0 fully saturated rings. The van der Waals surface area contributed by atoms with E-state index in [1.807, 2.05) is 0 Å². The molecule has 120 valence electrons. The summed E-state index contributed by atoms with van der Waals surface area (Å²) >= 11 is 0. The van der Waals surface area contributed by atoms with E-state index in [9.17, 15) is 0 Å². The quantitative estimate of drug-likeness (QED) is 0.279. The number of unbranched alkanes of at least 4 members (excludes halogenated alkanes) is 9. The molecule has 0 rings (SSSR count). The van der Waals surface area contributed by atoms with Gasteiger partial charge in [0.15, 0.2) is 0 Å². The molecule has 0 radical (unpaired) electrons. The van der Waals surface area contributed by atoms with E-state index in [4.69, 9.17) is 11.1 Å². The minimum Gasteiger partial charge on any atom is -0.388 e. The maximum Gasteiger partial charge on any atom is 0.0920 e. The van der Waals surface area contributed by atoms with E-state index in [1.165, 1.54) is 64.2 Å². The molecule has 0 saturated heterocycles. The Morgan fingerprint density at radius 3 is 1.85 bits per heavy atom. The maximum absolute atomic E-state index is 7.32. The standard InChI is InChI=1S/C17H37N3/c1-4-5-6-7-8-9-10-11-12-13-14-20(3)16(2)15-17(18)19/h16H,4-15H2,1-3H3,(H3,18,19). The molecule has 0 aromatic carbocycles. The molecule has 0 saturated carbocycles. The molecule has 0 aliphatic heterocycles. The lowest BCUT2D eigenvalue weighted by Crippen LogP contribution is -2.33. The molecule has 1 unspecified atom stereocenters. The van der Waals surface area contributed by atoms with Gasteiger partial charge in [0.25, 0.3) is 0 Å². The van der Waals surface area contributed by atoms with Gasteiger partial charge in [-0.2, -0.15) is 0 Å². The lowest BCUT2D eigenvalue weighted by Gasteiger charge is -2.24. The Labute approximate surface area is 126 Å². The highest BCUT2D eigenvalue weighted by atomic mass is 15.1. The summed E-state index contributed by atoms with van der Waals surface area (Å²) in [5, 5.41) is 7.32. The van der Waals surface area contributed by atoms with E-state index in [-0.39, 0.29) is 0 Å². The molecule has 0 aromatic heterocycles. The van der Waals surface area contributed by atoms with Gasteiger partial charge in [-0.25, -0.2) is 0 Å². The van der Waals surface area contributed by atoms with Gasteiger partial charge in [0.05, 0.1) is 5.84 Å². The van der Waals surface area contributed by atoms with Gasteiger partial charge in [0.2, 0.25) is 0 Å². The monoisotopic (exact) mass is 283 g/mol. The van der Waals surface area contributed by atoms with Crippen LogP contribution in [0.1, 0.15) is 84.5 Å². The first-order valence-corrected chi connectivity index (χ1v) is 8.61. The van der Waals surface area contributed by atoms with Crippen LogP contribution in [-0.4, -0.2) is 30.4 Å². The lowest BCUT2D eigenvalue weighted by molar-refractivity contribution is 0.256. The fraction of sp³-hybridized carbons (Fsp3) is 0.941. The summed E-state index contributed by atoms with van der Waals surface area (Å²) in [7, 11) is 2.14. The van der Waals surface area contributed by atoms with Gasteiger partial charge >= 0.3 is 0 Å². The van der Waals surface area contributed by atoms with Gasteiger partial charge in [0, 0.05) is 12.5 Å². The second-order valence-electron chi connectivity index (χ2n) is 6.24. The topological polar surface area (TPSA) is 53.1 Å². The predicted molar refractivity (Wildman–Crippen MR) is 90.5 cm³/mol. The van der Waals surface area contributed by atoms with Gasteiger partial charge in [-0.3, -0.25) is 5.41 Å². The molecule has 3 heteroatoms. The number of nitrogens with two attached hydrogens (primary N) is 1. The predicted octanol–water partition coefficient (Wildman–Crippen LogP) is 4.55. The van der Waals surface area contributed by atoms with Crippen molar-refractivity contribution >= 4 is 5.84 Å². The zero-order chi connectivity index (χ0) is 15.2. The zero-order valence-corrected chi connectivity index (χ0v) is 14.1. The molecule has 0 heterocycles. The van der Waals surface area contributed by atoms with Crippen LogP contribution in [0.15, 0.2) is 0 Å². The van der Waals surface area contributed by atoms with Crippen molar-refractivity contribution in [1.82, 2.24) is 4.90 Å². The fourth-order valence-electron chi connectivity index (χ4n) is 2.54. The van der Waals surface area contributed by atoms with Crippen molar-refractivity contribution in [3.63, 3.8) is 0 Å². The van der Waals surface area contributed by atoms with Crippen LogP contribution in [0.2, 0.25) is 0 Å². The van der Waals surface area contributed by atoms with E-state index >= 15 is 0 Å². The summed E-state index contributed by atoms with van der Waals surface area (Å²) < 4.78 is 0. The van der Waals surface area contributed by atoms with Gasteiger partial charge in [-0.15, -0.1) is 0 Å². The highest BCUT2D eigenvalue weighted by Gasteiger charge is 2.09. The van der Waals surface area contributed by atoms with Crippen molar-refractivity contribution in [3.05, 3.63) is 0 Å². The average Bonchev–Trinajstić information content (AvgIpc) is 2.39. The van der Waals surface area contributed by atoms with Crippen LogP contribution in [0, 0.1) is 5.41 Å². The van der Waals surface area contributed by atoms with Crippen LogP contribution >= 0.6 is 0 Å². The SMILES string of the molecule is CCCCCCCCCCCCN(C)C(C)CC(=N)N. The van der Waals surface area contributed by atoms with Crippen LogP contribution in [0.5, 0.6) is 0 Å². The second-order valence-corrected chi connectivity index (χ2v) is 6.24.